The molecule has 3 rings (SSSR count). The molecule has 122 valence electrons. The molecule has 3 aromatic carbocycles. The van der Waals surface area contributed by atoms with Gasteiger partial charge in [-0.2, -0.15) is 0 Å². The number of anilines is 1. The second-order valence-electron chi connectivity index (χ2n) is 5.38. The van der Waals surface area contributed by atoms with Crippen molar-refractivity contribution in [1.82, 2.24) is 0 Å². The summed E-state index contributed by atoms with van der Waals surface area (Å²) < 4.78 is 40.8. The molecule has 0 aliphatic rings. The molecular weight excluding hydrogens is 325 g/mol. The predicted octanol–water partition coefficient (Wildman–Crippen LogP) is 4.22. The van der Waals surface area contributed by atoms with E-state index in [0.717, 1.165) is 17.2 Å². The zero-order valence-electron chi connectivity index (χ0n) is 12.8. The van der Waals surface area contributed by atoms with Gasteiger partial charge in [0.15, 0.2) is 0 Å². The Morgan fingerprint density at radius 2 is 1.54 bits per heavy atom. The van der Waals surface area contributed by atoms with E-state index in [-0.39, 0.29) is 4.90 Å². The van der Waals surface area contributed by atoms with Crippen LogP contribution in [0.25, 0.3) is 0 Å². The van der Waals surface area contributed by atoms with E-state index in [2.05, 4.69) is 4.72 Å². The molecule has 3 nitrogen and oxygen atoms in total. The zero-order valence-corrected chi connectivity index (χ0v) is 13.6. The Morgan fingerprint density at radius 3 is 2.29 bits per heavy atom. The quantitative estimate of drug-likeness (QED) is 0.755. The van der Waals surface area contributed by atoms with E-state index < -0.39 is 15.8 Å². The van der Waals surface area contributed by atoms with E-state index in [1.54, 1.807) is 12.1 Å². The molecule has 5 heteroatoms. The highest BCUT2D eigenvalue weighted by Gasteiger charge is 2.16. The highest BCUT2D eigenvalue weighted by molar-refractivity contribution is 7.92. The van der Waals surface area contributed by atoms with Crippen LogP contribution in [0.5, 0.6) is 0 Å². The standard InChI is InChI=1S/C19H16FNO2S/c20-17-10-6-11-18(14-17)24(22,23)21-19-12-5-4-9-16(19)13-15-7-2-1-3-8-15/h1-12,14,21H,13H2. The summed E-state index contributed by atoms with van der Waals surface area (Å²) in [5.74, 6) is -0.588. The Hall–Kier alpha value is -2.66. The monoisotopic (exact) mass is 341 g/mol. The molecule has 0 aromatic heterocycles. The fourth-order valence-corrected chi connectivity index (χ4v) is 3.56. The number of nitrogens with one attached hydrogen (secondary N) is 1. The minimum atomic E-state index is -3.84. The van der Waals surface area contributed by atoms with E-state index in [1.807, 2.05) is 42.5 Å². The molecule has 0 spiro atoms. The minimum absolute atomic E-state index is 0.1000. The topological polar surface area (TPSA) is 46.2 Å². The molecule has 0 saturated heterocycles. The largest absolute Gasteiger partial charge is 0.279 e. The van der Waals surface area contributed by atoms with Crippen LogP contribution in [0.15, 0.2) is 83.8 Å². The summed E-state index contributed by atoms with van der Waals surface area (Å²) in [6.07, 6.45) is 0.600. The summed E-state index contributed by atoms with van der Waals surface area (Å²) in [5, 5.41) is 0. The molecule has 3 aromatic rings. The van der Waals surface area contributed by atoms with E-state index in [1.165, 1.54) is 18.2 Å². The molecule has 0 aliphatic carbocycles. The molecule has 0 fully saturated rings. The maximum atomic E-state index is 13.3. The Kier molecular flexibility index (Phi) is 4.62. The SMILES string of the molecule is O=S(=O)(Nc1ccccc1Cc1ccccc1)c1cccc(F)c1. The lowest BCUT2D eigenvalue weighted by Crippen LogP contribution is -2.14. The number of halogens is 1. The van der Waals surface area contributed by atoms with E-state index in [9.17, 15) is 12.8 Å². The Bertz CT molecular complexity index is 940. The van der Waals surface area contributed by atoms with Crippen LogP contribution in [0.3, 0.4) is 0 Å². The van der Waals surface area contributed by atoms with Crippen molar-refractivity contribution < 1.29 is 12.8 Å². The molecule has 1 N–H and O–H groups in total. The van der Waals surface area contributed by atoms with Gasteiger partial charge in [-0.3, -0.25) is 4.72 Å². The minimum Gasteiger partial charge on any atom is -0.279 e. The summed E-state index contributed by atoms with van der Waals surface area (Å²) in [7, 11) is -3.84. The summed E-state index contributed by atoms with van der Waals surface area (Å²) in [5.41, 5.74) is 2.42. The molecule has 0 bridgehead atoms. The maximum absolute atomic E-state index is 13.3. The van der Waals surface area contributed by atoms with Gasteiger partial charge in [-0.1, -0.05) is 54.6 Å². The van der Waals surface area contributed by atoms with Crippen molar-refractivity contribution in [2.75, 3.05) is 4.72 Å². The van der Waals surface area contributed by atoms with Crippen LogP contribution in [-0.4, -0.2) is 8.42 Å². The summed E-state index contributed by atoms with van der Waals surface area (Å²) in [6, 6.07) is 21.9. The van der Waals surface area contributed by atoms with Gasteiger partial charge < -0.3 is 0 Å². The van der Waals surface area contributed by atoms with E-state index in [0.29, 0.717) is 12.1 Å². The Balaban J connectivity index is 1.90. The van der Waals surface area contributed by atoms with Gasteiger partial charge in [0.05, 0.1) is 10.6 Å². The molecular formula is C19H16FNO2S. The smallest absolute Gasteiger partial charge is 0.262 e. The van der Waals surface area contributed by atoms with Crippen molar-refractivity contribution in [3.63, 3.8) is 0 Å². The van der Waals surface area contributed by atoms with Gasteiger partial charge in [0.1, 0.15) is 5.82 Å². The predicted molar refractivity (Wildman–Crippen MR) is 92.9 cm³/mol. The highest BCUT2D eigenvalue weighted by atomic mass is 32.2. The van der Waals surface area contributed by atoms with E-state index in [4.69, 9.17) is 0 Å². The van der Waals surface area contributed by atoms with Gasteiger partial charge in [-0.15, -0.1) is 0 Å². The van der Waals surface area contributed by atoms with Crippen molar-refractivity contribution in [2.45, 2.75) is 11.3 Å². The molecule has 0 aliphatic heterocycles. The van der Waals surface area contributed by atoms with Crippen LogP contribution in [0, 0.1) is 5.82 Å². The summed E-state index contributed by atoms with van der Waals surface area (Å²) >= 11 is 0. The van der Waals surface area contributed by atoms with Crippen LogP contribution in [0.4, 0.5) is 10.1 Å². The fraction of sp³-hybridized carbons (Fsp3) is 0.0526. The first-order chi connectivity index (χ1) is 11.5. The maximum Gasteiger partial charge on any atom is 0.262 e. The summed E-state index contributed by atoms with van der Waals surface area (Å²) in [6.45, 7) is 0. The Morgan fingerprint density at radius 1 is 0.833 bits per heavy atom. The van der Waals surface area contributed by atoms with Crippen molar-refractivity contribution >= 4 is 15.7 Å². The lowest BCUT2D eigenvalue weighted by Gasteiger charge is -2.13. The average molecular weight is 341 g/mol. The average Bonchev–Trinajstić information content (AvgIpc) is 2.57. The van der Waals surface area contributed by atoms with Crippen LogP contribution >= 0.6 is 0 Å². The second-order valence-corrected chi connectivity index (χ2v) is 7.06. The molecule has 24 heavy (non-hydrogen) atoms. The van der Waals surface area contributed by atoms with Crippen LogP contribution in [-0.2, 0) is 16.4 Å². The molecule has 0 saturated carbocycles. The first-order valence-corrected chi connectivity index (χ1v) is 8.93. The van der Waals surface area contributed by atoms with Crippen LogP contribution in [0.1, 0.15) is 11.1 Å². The van der Waals surface area contributed by atoms with Gasteiger partial charge in [0.2, 0.25) is 0 Å². The lowest BCUT2D eigenvalue weighted by atomic mass is 10.0. The van der Waals surface area contributed by atoms with Crippen molar-refractivity contribution in [1.29, 1.82) is 0 Å². The van der Waals surface area contributed by atoms with E-state index >= 15 is 0 Å². The third-order valence-electron chi connectivity index (χ3n) is 3.61. The summed E-state index contributed by atoms with van der Waals surface area (Å²) in [4.78, 5) is -0.1000. The Labute approximate surface area is 140 Å². The number of sulfonamides is 1. The van der Waals surface area contributed by atoms with Gasteiger partial charge in [-0.25, -0.2) is 12.8 Å². The third kappa shape index (κ3) is 3.81. The van der Waals surface area contributed by atoms with Gasteiger partial charge in [0.25, 0.3) is 10.0 Å². The zero-order chi connectivity index (χ0) is 17.0. The highest BCUT2D eigenvalue weighted by Crippen LogP contribution is 2.23. The van der Waals surface area contributed by atoms with Crippen LogP contribution in [0.2, 0.25) is 0 Å². The van der Waals surface area contributed by atoms with Crippen molar-refractivity contribution in [2.24, 2.45) is 0 Å². The van der Waals surface area contributed by atoms with Gasteiger partial charge in [0, 0.05) is 0 Å². The fourth-order valence-electron chi connectivity index (χ4n) is 2.43. The van der Waals surface area contributed by atoms with Crippen molar-refractivity contribution in [3.05, 3.63) is 95.8 Å². The van der Waals surface area contributed by atoms with Gasteiger partial charge in [-0.05, 0) is 41.8 Å². The van der Waals surface area contributed by atoms with Crippen molar-refractivity contribution in [3.8, 4) is 0 Å². The second kappa shape index (κ2) is 6.84. The normalized spacial score (nSPS) is 11.2. The number of rotatable bonds is 5. The van der Waals surface area contributed by atoms with Gasteiger partial charge >= 0.3 is 0 Å². The molecule has 0 radical (unpaired) electrons. The lowest BCUT2D eigenvalue weighted by molar-refractivity contribution is 0.595. The van der Waals surface area contributed by atoms with Crippen LogP contribution < -0.4 is 4.72 Å². The number of benzene rings is 3. The number of hydrogen-bond donors (Lipinski definition) is 1. The molecule has 0 amide bonds. The molecule has 0 atom stereocenters. The third-order valence-corrected chi connectivity index (χ3v) is 4.97. The molecule has 0 unspecified atom stereocenters. The molecule has 0 heterocycles. The number of para-hydroxylation sites is 1. The first-order valence-electron chi connectivity index (χ1n) is 7.45. The number of hydrogen-bond acceptors (Lipinski definition) is 2. The first kappa shape index (κ1) is 16.2.